The summed E-state index contributed by atoms with van der Waals surface area (Å²) in [6, 6.07) is 14.5. The van der Waals surface area contributed by atoms with Crippen molar-refractivity contribution < 1.29 is 0 Å². The number of aryl methyl sites for hydroxylation is 2. The first-order valence-electron chi connectivity index (χ1n) is 7.80. The van der Waals surface area contributed by atoms with E-state index in [1.54, 1.807) is 4.52 Å². The van der Waals surface area contributed by atoms with Crippen molar-refractivity contribution in [1.82, 2.24) is 19.8 Å². The lowest BCUT2D eigenvalue weighted by Gasteiger charge is -2.06. The summed E-state index contributed by atoms with van der Waals surface area (Å²) >= 11 is 0. The number of nitrogens with zero attached hydrogens (tertiary/aromatic N) is 4. The number of nitrogens with one attached hydrogen (secondary N) is 1. The standard InChI is InChI=1S/C17H21N5/c1-14-19-20-17-12-11-16(21-22(14)17)18-13-7-3-6-10-15-8-4-2-5-9-15/h2,4-5,8-9,11-12H,3,6-7,10,13H2,1H3,(H,18,21). The number of rotatable bonds is 7. The molecule has 1 N–H and O–H groups in total. The molecule has 3 rings (SSSR count). The molecule has 0 unspecified atom stereocenters. The third kappa shape index (κ3) is 3.61. The lowest BCUT2D eigenvalue weighted by molar-refractivity contribution is 0.696. The highest BCUT2D eigenvalue weighted by Crippen LogP contribution is 2.09. The van der Waals surface area contributed by atoms with Crippen molar-refractivity contribution in [2.75, 3.05) is 11.9 Å². The fourth-order valence-corrected chi connectivity index (χ4v) is 2.48. The maximum absolute atomic E-state index is 4.48. The van der Waals surface area contributed by atoms with Crippen LogP contribution in [0.1, 0.15) is 30.7 Å². The van der Waals surface area contributed by atoms with Gasteiger partial charge in [-0.15, -0.1) is 15.3 Å². The van der Waals surface area contributed by atoms with Gasteiger partial charge in [-0.25, -0.2) is 0 Å². The van der Waals surface area contributed by atoms with Crippen molar-refractivity contribution in [3.63, 3.8) is 0 Å². The maximum Gasteiger partial charge on any atom is 0.178 e. The minimum Gasteiger partial charge on any atom is -0.369 e. The third-order valence-electron chi connectivity index (χ3n) is 3.71. The zero-order chi connectivity index (χ0) is 15.2. The fourth-order valence-electron chi connectivity index (χ4n) is 2.48. The van der Waals surface area contributed by atoms with Gasteiger partial charge in [0.1, 0.15) is 5.82 Å². The van der Waals surface area contributed by atoms with Gasteiger partial charge in [-0.05, 0) is 43.9 Å². The molecule has 0 fully saturated rings. The zero-order valence-electron chi connectivity index (χ0n) is 12.9. The van der Waals surface area contributed by atoms with Crippen molar-refractivity contribution in [3.8, 4) is 0 Å². The molecule has 1 aromatic carbocycles. The van der Waals surface area contributed by atoms with Crippen LogP contribution in [0.25, 0.3) is 5.65 Å². The van der Waals surface area contributed by atoms with Crippen LogP contribution < -0.4 is 5.32 Å². The predicted octanol–water partition coefficient (Wildman–Crippen LogP) is 3.26. The van der Waals surface area contributed by atoms with Crippen molar-refractivity contribution in [2.45, 2.75) is 32.6 Å². The minimum absolute atomic E-state index is 0.783. The Morgan fingerprint density at radius 1 is 0.955 bits per heavy atom. The normalized spacial score (nSPS) is 11.0. The molecule has 2 heterocycles. The second kappa shape index (κ2) is 7.02. The molecular formula is C17H21N5. The fraction of sp³-hybridized carbons (Fsp3) is 0.353. The number of hydrogen-bond donors (Lipinski definition) is 1. The quantitative estimate of drug-likeness (QED) is 0.680. The van der Waals surface area contributed by atoms with Gasteiger partial charge in [-0.2, -0.15) is 4.52 Å². The molecule has 5 nitrogen and oxygen atoms in total. The molecule has 0 aliphatic carbocycles. The molecule has 22 heavy (non-hydrogen) atoms. The molecule has 3 aromatic rings. The van der Waals surface area contributed by atoms with Crippen LogP contribution in [0.15, 0.2) is 42.5 Å². The van der Waals surface area contributed by atoms with Gasteiger partial charge in [0.2, 0.25) is 0 Å². The van der Waals surface area contributed by atoms with Gasteiger partial charge in [0.15, 0.2) is 11.5 Å². The number of hydrogen-bond acceptors (Lipinski definition) is 4. The summed E-state index contributed by atoms with van der Waals surface area (Å²) in [6.07, 6.45) is 4.75. The van der Waals surface area contributed by atoms with E-state index < -0.39 is 0 Å². The summed E-state index contributed by atoms with van der Waals surface area (Å²) < 4.78 is 1.76. The van der Waals surface area contributed by atoms with Crippen molar-refractivity contribution in [2.24, 2.45) is 0 Å². The number of benzene rings is 1. The highest BCUT2D eigenvalue weighted by atomic mass is 15.4. The summed E-state index contributed by atoms with van der Waals surface area (Å²) in [5, 5.41) is 15.9. The van der Waals surface area contributed by atoms with Gasteiger partial charge in [0, 0.05) is 6.54 Å². The zero-order valence-corrected chi connectivity index (χ0v) is 12.9. The van der Waals surface area contributed by atoms with Crippen LogP contribution >= 0.6 is 0 Å². The van der Waals surface area contributed by atoms with Crippen LogP contribution in [-0.2, 0) is 6.42 Å². The molecule has 0 radical (unpaired) electrons. The number of unbranched alkanes of at least 4 members (excludes halogenated alkanes) is 2. The largest absolute Gasteiger partial charge is 0.369 e. The Kier molecular flexibility index (Phi) is 4.63. The lowest BCUT2D eigenvalue weighted by atomic mass is 10.1. The Hall–Kier alpha value is -2.43. The second-order valence-corrected chi connectivity index (χ2v) is 5.46. The van der Waals surface area contributed by atoms with Crippen LogP contribution in [0.2, 0.25) is 0 Å². The summed E-state index contributed by atoms with van der Waals surface area (Å²) in [6.45, 7) is 2.84. The number of aromatic nitrogens is 4. The van der Waals surface area contributed by atoms with E-state index in [2.05, 4.69) is 50.9 Å². The molecule has 0 amide bonds. The maximum atomic E-state index is 4.48. The van der Waals surface area contributed by atoms with Gasteiger partial charge in [-0.1, -0.05) is 36.8 Å². The molecule has 0 aliphatic rings. The lowest BCUT2D eigenvalue weighted by Crippen LogP contribution is -2.06. The van der Waals surface area contributed by atoms with Crippen molar-refractivity contribution in [1.29, 1.82) is 0 Å². The topological polar surface area (TPSA) is 55.1 Å². The van der Waals surface area contributed by atoms with Crippen LogP contribution in [0.5, 0.6) is 0 Å². The summed E-state index contributed by atoms with van der Waals surface area (Å²) in [5.41, 5.74) is 2.21. The number of anilines is 1. The molecule has 114 valence electrons. The Bertz CT molecular complexity index is 720. The van der Waals surface area contributed by atoms with E-state index >= 15 is 0 Å². The number of fused-ring (bicyclic) bond motifs is 1. The van der Waals surface area contributed by atoms with Gasteiger partial charge in [0.25, 0.3) is 0 Å². The van der Waals surface area contributed by atoms with E-state index in [9.17, 15) is 0 Å². The van der Waals surface area contributed by atoms with E-state index in [1.165, 1.54) is 18.4 Å². The molecule has 0 saturated carbocycles. The molecule has 0 bridgehead atoms. The van der Waals surface area contributed by atoms with Crippen molar-refractivity contribution in [3.05, 3.63) is 53.9 Å². The Morgan fingerprint density at radius 2 is 1.82 bits per heavy atom. The molecule has 0 atom stereocenters. The first-order chi connectivity index (χ1) is 10.8. The van der Waals surface area contributed by atoms with Crippen LogP contribution in [0, 0.1) is 6.92 Å². The van der Waals surface area contributed by atoms with E-state index in [0.717, 1.165) is 36.7 Å². The summed E-state index contributed by atoms with van der Waals surface area (Å²) in [5.74, 6) is 1.68. The average molecular weight is 295 g/mol. The van der Waals surface area contributed by atoms with Gasteiger partial charge < -0.3 is 5.32 Å². The molecule has 2 aromatic heterocycles. The van der Waals surface area contributed by atoms with E-state index in [0.29, 0.717) is 0 Å². The molecule has 5 heteroatoms. The summed E-state index contributed by atoms with van der Waals surface area (Å²) in [4.78, 5) is 0. The Morgan fingerprint density at radius 3 is 2.68 bits per heavy atom. The van der Waals surface area contributed by atoms with Crippen LogP contribution in [-0.4, -0.2) is 26.4 Å². The highest BCUT2D eigenvalue weighted by Gasteiger charge is 2.02. The minimum atomic E-state index is 0.783. The van der Waals surface area contributed by atoms with E-state index in [-0.39, 0.29) is 0 Å². The monoisotopic (exact) mass is 295 g/mol. The molecule has 0 aliphatic heterocycles. The Balaban J connectivity index is 1.40. The van der Waals surface area contributed by atoms with Crippen molar-refractivity contribution >= 4 is 11.5 Å². The van der Waals surface area contributed by atoms with E-state index in [1.807, 2.05) is 19.1 Å². The molecular weight excluding hydrogens is 274 g/mol. The van der Waals surface area contributed by atoms with Gasteiger partial charge >= 0.3 is 0 Å². The Labute approximate surface area is 130 Å². The molecule has 0 spiro atoms. The SMILES string of the molecule is Cc1nnc2ccc(NCCCCCc3ccccc3)nn12. The first-order valence-corrected chi connectivity index (χ1v) is 7.80. The van der Waals surface area contributed by atoms with Crippen LogP contribution in [0.4, 0.5) is 5.82 Å². The third-order valence-corrected chi connectivity index (χ3v) is 3.71. The predicted molar refractivity (Wildman–Crippen MR) is 88.0 cm³/mol. The second-order valence-electron chi connectivity index (χ2n) is 5.46. The molecule has 0 saturated heterocycles. The first kappa shape index (κ1) is 14.5. The van der Waals surface area contributed by atoms with Gasteiger partial charge in [0.05, 0.1) is 0 Å². The smallest absolute Gasteiger partial charge is 0.178 e. The van der Waals surface area contributed by atoms with Gasteiger partial charge in [-0.3, -0.25) is 0 Å². The highest BCUT2D eigenvalue weighted by molar-refractivity contribution is 5.43. The van der Waals surface area contributed by atoms with E-state index in [4.69, 9.17) is 0 Å². The average Bonchev–Trinajstić information content (AvgIpc) is 2.93. The van der Waals surface area contributed by atoms with Crippen LogP contribution in [0.3, 0.4) is 0 Å². The summed E-state index contributed by atoms with van der Waals surface area (Å²) in [7, 11) is 0.